The number of aromatic nitrogens is 1. The summed E-state index contributed by atoms with van der Waals surface area (Å²) in [5, 5.41) is 12.4. The van der Waals surface area contributed by atoms with Crippen molar-refractivity contribution in [2.45, 2.75) is 0 Å². The maximum atomic E-state index is 10.6. The molecule has 1 heterocycles. The lowest BCUT2D eigenvalue weighted by Gasteiger charge is -2.01. The van der Waals surface area contributed by atoms with Crippen LogP contribution in [-0.2, 0) is 0 Å². The molecular formula is C7H10N2O2S2. The summed E-state index contributed by atoms with van der Waals surface area (Å²) in [6.45, 7) is 0.768. The molecule has 2 N–H and O–H groups in total. The number of thioether (sulfide) groups is 1. The second-order valence-corrected chi connectivity index (χ2v) is 4.10. The van der Waals surface area contributed by atoms with Gasteiger partial charge < -0.3 is 10.4 Å². The van der Waals surface area contributed by atoms with Crippen LogP contribution in [0.3, 0.4) is 0 Å². The SMILES string of the molecule is CSCCNc1scnc1C(=O)O. The zero-order chi connectivity index (χ0) is 9.68. The van der Waals surface area contributed by atoms with Crippen LogP contribution in [0, 0.1) is 0 Å². The molecule has 0 saturated carbocycles. The van der Waals surface area contributed by atoms with Crippen LogP contribution in [0.4, 0.5) is 5.00 Å². The Morgan fingerprint density at radius 3 is 3.23 bits per heavy atom. The molecule has 0 atom stereocenters. The monoisotopic (exact) mass is 218 g/mol. The van der Waals surface area contributed by atoms with Gasteiger partial charge in [0.15, 0.2) is 5.69 Å². The van der Waals surface area contributed by atoms with Crippen molar-refractivity contribution in [2.24, 2.45) is 0 Å². The zero-order valence-corrected chi connectivity index (χ0v) is 8.74. The average molecular weight is 218 g/mol. The van der Waals surface area contributed by atoms with E-state index < -0.39 is 5.97 Å². The predicted octanol–water partition coefficient (Wildman–Crippen LogP) is 1.62. The highest BCUT2D eigenvalue weighted by Gasteiger charge is 2.12. The molecule has 0 aliphatic rings. The Labute approximate surface area is 84.4 Å². The third-order valence-corrected chi connectivity index (χ3v) is 2.76. The number of nitrogens with zero attached hydrogens (tertiary/aromatic N) is 1. The van der Waals surface area contributed by atoms with Gasteiger partial charge >= 0.3 is 5.97 Å². The topological polar surface area (TPSA) is 62.2 Å². The summed E-state index contributed by atoms with van der Waals surface area (Å²) in [6, 6.07) is 0. The second kappa shape index (κ2) is 5.08. The Morgan fingerprint density at radius 1 is 1.85 bits per heavy atom. The van der Waals surface area contributed by atoms with Gasteiger partial charge in [-0.15, -0.1) is 11.3 Å². The fourth-order valence-corrected chi connectivity index (χ4v) is 1.80. The molecule has 72 valence electrons. The Morgan fingerprint density at radius 2 is 2.62 bits per heavy atom. The van der Waals surface area contributed by atoms with Gasteiger partial charge in [0.05, 0.1) is 5.51 Å². The maximum Gasteiger partial charge on any atom is 0.357 e. The van der Waals surface area contributed by atoms with Crippen LogP contribution in [0.5, 0.6) is 0 Å². The van der Waals surface area contributed by atoms with E-state index in [0.717, 1.165) is 12.3 Å². The van der Waals surface area contributed by atoms with Gasteiger partial charge in [0.25, 0.3) is 0 Å². The van der Waals surface area contributed by atoms with E-state index in [-0.39, 0.29) is 5.69 Å². The summed E-state index contributed by atoms with van der Waals surface area (Å²) in [7, 11) is 0. The molecule has 0 aliphatic heterocycles. The van der Waals surface area contributed by atoms with Crippen LogP contribution in [0.1, 0.15) is 10.5 Å². The Balaban J connectivity index is 2.55. The molecule has 6 heteroatoms. The first kappa shape index (κ1) is 10.3. The number of nitrogens with one attached hydrogen (secondary N) is 1. The van der Waals surface area contributed by atoms with E-state index in [1.807, 2.05) is 6.26 Å². The first-order chi connectivity index (χ1) is 6.25. The van der Waals surface area contributed by atoms with Crippen LogP contribution in [0.25, 0.3) is 0 Å². The molecule has 1 rings (SSSR count). The summed E-state index contributed by atoms with van der Waals surface area (Å²) in [4.78, 5) is 14.4. The molecule has 0 aromatic carbocycles. The molecule has 0 fully saturated rings. The van der Waals surface area contributed by atoms with E-state index in [4.69, 9.17) is 5.11 Å². The van der Waals surface area contributed by atoms with Crippen molar-refractivity contribution >= 4 is 34.1 Å². The van der Waals surface area contributed by atoms with Crippen molar-refractivity contribution in [3.05, 3.63) is 11.2 Å². The van der Waals surface area contributed by atoms with Crippen LogP contribution < -0.4 is 5.32 Å². The average Bonchev–Trinajstić information content (AvgIpc) is 2.53. The number of hydrogen-bond donors (Lipinski definition) is 2. The van der Waals surface area contributed by atoms with Crippen molar-refractivity contribution in [1.82, 2.24) is 4.98 Å². The normalized spacial score (nSPS) is 9.92. The van der Waals surface area contributed by atoms with E-state index in [9.17, 15) is 4.79 Å². The van der Waals surface area contributed by atoms with Crippen LogP contribution >= 0.6 is 23.1 Å². The van der Waals surface area contributed by atoms with E-state index in [1.165, 1.54) is 16.8 Å². The van der Waals surface area contributed by atoms with Crippen LogP contribution in [0.15, 0.2) is 5.51 Å². The van der Waals surface area contributed by atoms with E-state index >= 15 is 0 Å². The van der Waals surface area contributed by atoms with E-state index in [1.54, 1.807) is 11.8 Å². The standard InChI is InChI=1S/C7H10N2O2S2/c1-12-3-2-8-6-5(7(10)11)9-4-13-6/h4,8H,2-3H2,1H3,(H,10,11). The van der Waals surface area contributed by atoms with Crippen molar-refractivity contribution in [3.8, 4) is 0 Å². The van der Waals surface area contributed by atoms with E-state index in [0.29, 0.717) is 5.00 Å². The Hall–Kier alpha value is -0.750. The molecule has 0 bridgehead atoms. The molecule has 0 aliphatic carbocycles. The molecule has 13 heavy (non-hydrogen) atoms. The smallest absolute Gasteiger partial charge is 0.357 e. The summed E-state index contributed by atoms with van der Waals surface area (Å²) in [6.07, 6.45) is 2.01. The van der Waals surface area contributed by atoms with Gasteiger partial charge in [-0.1, -0.05) is 0 Å². The lowest BCUT2D eigenvalue weighted by molar-refractivity contribution is 0.0692. The highest BCUT2D eigenvalue weighted by molar-refractivity contribution is 7.98. The van der Waals surface area contributed by atoms with Crippen LogP contribution in [-0.4, -0.2) is 34.6 Å². The highest BCUT2D eigenvalue weighted by atomic mass is 32.2. The number of thiazole rings is 1. The third-order valence-electron chi connectivity index (χ3n) is 1.36. The predicted molar refractivity (Wildman–Crippen MR) is 55.9 cm³/mol. The summed E-state index contributed by atoms with van der Waals surface area (Å²) >= 11 is 3.03. The van der Waals surface area contributed by atoms with Gasteiger partial charge in [0, 0.05) is 12.3 Å². The quantitative estimate of drug-likeness (QED) is 0.735. The zero-order valence-electron chi connectivity index (χ0n) is 7.11. The number of rotatable bonds is 5. The minimum Gasteiger partial charge on any atom is -0.476 e. The Kier molecular flexibility index (Phi) is 4.04. The van der Waals surface area contributed by atoms with Crippen LogP contribution in [0.2, 0.25) is 0 Å². The number of carboxylic acid groups (broad SMARTS) is 1. The highest BCUT2D eigenvalue weighted by Crippen LogP contribution is 2.19. The molecule has 1 aromatic heterocycles. The second-order valence-electron chi connectivity index (χ2n) is 2.25. The van der Waals surface area contributed by atoms with Gasteiger partial charge in [-0.05, 0) is 6.26 Å². The third kappa shape index (κ3) is 2.89. The fourth-order valence-electron chi connectivity index (χ4n) is 0.791. The molecule has 0 spiro atoms. The first-order valence-corrected chi connectivity index (χ1v) is 5.92. The lowest BCUT2D eigenvalue weighted by Crippen LogP contribution is -2.07. The molecule has 0 saturated heterocycles. The Bertz CT molecular complexity index is 288. The molecule has 0 amide bonds. The van der Waals surface area contributed by atoms with Gasteiger partial charge in [-0.3, -0.25) is 0 Å². The maximum absolute atomic E-state index is 10.6. The number of aromatic carboxylic acids is 1. The van der Waals surface area contributed by atoms with Crippen molar-refractivity contribution in [1.29, 1.82) is 0 Å². The van der Waals surface area contributed by atoms with Gasteiger partial charge in [0.2, 0.25) is 0 Å². The minimum atomic E-state index is -0.979. The summed E-state index contributed by atoms with van der Waals surface area (Å²) < 4.78 is 0. The summed E-state index contributed by atoms with van der Waals surface area (Å²) in [5.74, 6) is -0.0235. The number of carboxylic acids is 1. The first-order valence-electron chi connectivity index (χ1n) is 3.65. The van der Waals surface area contributed by atoms with E-state index in [2.05, 4.69) is 10.3 Å². The molecule has 0 radical (unpaired) electrons. The summed E-state index contributed by atoms with van der Waals surface area (Å²) in [5.41, 5.74) is 1.65. The molecule has 1 aromatic rings. The fraction of sp³-hybridized carbons (Fsp3) is 0.429. The number of anilines is 1. The molecule has 0 unspecified atom stereocenters. The molecular weight excluding hydrogens is 208 g/mol. The van der Waals surface area contributed by atoms with Crippen molar-refractivity contribution in [2.75, 3.05) is 23.9 Å². The lowest BCUT2D eigenvalue weighted by atomic mass is 10.4. The van der Waals surface area contributed by atoms with Gasteiger partial charge in [-0.25, -0.2) is 9.78 Å². The minimum absolute atomic E-state index is 0.117. The van der Waals surface area contributed by atoms with Crippen molar-refractivity contribution in [3.63, 3.8) is 0 Å². The van der Waals surface area contributed by atoms with Gasteiger partial charge in [-0.2, -0.15) is 11.8 Å². The number of carbonyl (C=O) groups is 1. The van der Waals surface area contributed by atoms with Gasteiger partial charge in [0.1, 0.15) is 5.00 Å². The number of hydrogen-bond acceptors (Lipinski definition) is 5. The van der Waals surface area contributed by atoms with Crippen molar-refractivity contribution < 1.29 is 9.90 Å². The molecule has 4 nitrogen and oxygen atoms in total. The largest absolute Gasteiger partial charge is 0.476 e.